The predicted octanol–water partition coefficient (Wildman–Crippen LogP) is 4.78. The fourth-order valence-corrected chi connectivity index (χ4v) is 2.93. The Bertz CT molecular complexity index is 929. The van der Waals surface area contributed by atoms with Crippen LogP contribution in [0.1, 0.15) is 25.2 Å². The van der Waals surface area contributed by atoms with E-state index in [4.69, 9.17) is 9.26 Å². The minimum absolute atomic E-state index is 0.375. The van der Waals surface area contributed by atoms with E-state index in [2.05, 4.69) is 36.7 Å². The molecule has 1 atom stereocenters. The van der Waals surface area contributed by atoms with Gasteiger partial charge in [0.2, 0.25) is 0 Å². The Balaban J connectivity index is 1.71. The van der Waals surface area contributed by atoms with E-state index in [9.17, 15) is 4.79 Å². The van der Waals surface area contributed by atoms with Crippen LogP contribution in [0.4, 0.5) is 10.5 Å². The van der Waals surface area contributed by atoms with Crippen LogP contribution in [-0.2, 0) is 0 Å². The normalized spacial score (nSPS) is 11.7. The largest absolute Gasteiger partial charge is 0.495 e. The molecule has 0 radical (unpaired) electrons. The van der Waals surface area contributed by atoms with Crippen LogP contribution in [0.2, 0.25) is 0 Å². The van der Waals surface area contributed by atoms with Crippen LogP contribution in [0.25, 0.3) is 11.5 Å². The lowest BCUT2D eigenvalue weighted by Crippen LogP contribution is -2.33. The van der Waals surface area contributed by atoms with Crippen LogP contribution in [0.3, 0.4) is 0 Å². The average molecular weight is 431 g/mol. The summed E-state index contributed by atoms with van der Waals surface area (Å²) in [5, 5.41) is 9.65. The number of hydrogen-bond donors (Lipinski definition) is 2. The number of halogens is 1. The Labute approximate surface area is 165 Å². The molecule has 0 saturated carbocycles. The first kappa shape index (κ1) is 18.9. The van der Waals surface area contributed by atoms with Crippen LogP contribution < -0.4 is 15.4 Å². The van der Waals surface area contributed by atoms with Crippen LogP contribution in [0.15, 0.2) is 57.5 Å². The van der Waals surface area contributed by atoms with Gasteiger partial charge in [-0.15, -0.1) is 0 Å². The second-order valence-corrected chi connectivity index (χ2v) is 6.64. The fraction of sp³-hybridized carbons (Fsp3) is 0.211. The summed E-state index contributed by atoms with van der Waals surface area (Å²) in [5.74, 6) is 1.40. The van der Waals surface area contributed by atoms with Crippen molar-refractivity contribution in [3.63, 3.8) is 0 Å². The lowest BCUT2D eigenvalue weighted by atomic mass is 10.2. The summed E-state index contributed by atoms with van der Waals surface area (Å²) in [4.78, 5) is 16.8. The van der Waals surface area contributed by atoms with E-state index in [1.165, 1.54) is 0 Å². The van der Waals surface area contributed by atoms with Crippen molar-refractivity contribution in [2.45, 2.75) is 19.4 Å². The molecule has 7 nitrogen and oxygen atoms in total. The Morgan fingerprint density at radius 1 is 1.26 bits per heavy atom. The monoisotopic (exact) mass is 430 g/mol. The van der Waals surface area contributed by atoms with Crippen molar-refractivity contribution in [2.75, 3.05) is 12.4 Å². The average Bonchev–Trinajstić information content (AvgIpc) is 3.16. The zero-order valence-electron chi connectivity index (χ0n) is 14.9. The molecule has 0 aliphatic heterocycles. The van der Waals surface area contributed by atoms with Gasteiger partial charge in [-0.3, -0.25) is 0 Å². The molecule has 0 spiro atoms. The number of aromatic nitrogens is 2. The molecule has 140 valence electrons. The van der Waals surface area contributed by atoms with Crippen molar-refractivity contribution in [3.05, 3.63) is 58.8 Å². The molecule has 0 bridgehead atoms. The Morgan fingerprint density at radius 3 is 2.81 bits per heavy atom. The molecule has 0 fully saturated rings. The second kappa shape index (κ2) is 8.68. The van der Waals surface area contributed by atoms with Gasteiger partial charge in [-0.25, -0.2) is 4.79 Å². The third kappa shape index (κ3) is 4.65. The number of rotatable bonds is 6. The topological polar surface area (TPSA) is 89.3 Å². The fourth-order valence-electron chi connectivity index (χ4n) is 2.53. The van der Waals surface area contributed by atoms with Crippen molar-refractivity contribution in [2.24, 2.45) is 0 Å². The summed E-state index contributed by atoms with van der Waals surface area (Å²) in [6, 6.07) is 14.0. The molecule has 0 saturated heterocycles. The van der Waals surface area contributed by atoms with E-state index >= 15 is 0 Å². The van der Waals surface area contributed by atoms with Crippen LogP contribution in [0, 0.1) is 0 Å². The van der Waals surface area contributed by atoms with Gasteiger partial charge in [0.25, 0.3) is 5.89 Å². The number of ether oxygens (including phenoxy) is 1. The van der Waals surface area contributed by atoms with E-state index < -0.39 is 0 Å². The number of hydrogen-bond acceptors (Lipinski definition) is 5. The van der Waals surface area contributed by atoms with E-state index in [1.54, 1.807) is 19.2 Å². The van der Waals surface area contributed by atoms with E-state index in [0.29, 0.717) is 29.6 Å². The summed E-state index contributed by atoms with van der Waals surface area (Å²) in [6.07, 6.45) is 0.608. The molecular formula is C19H19BrN4O3. The molecule has 8 heteroatoms. The summed E-state index contributed by atoms with van der Waals surface area (Å²) in [5.41, 5.74) is 1.38. The van der Waals surface area contributed by atoms with Gasteiger partial charge in [0, 0.05) is 10.0 Å². The van der Waals surface area contributed by atoms with Gasteiger partial charge in [-0.05, 0) is 36.8 Å². The first-order valence-electron chi connectivity index (χ1n) is 8.40. The van der Waals surface area contributed by atoms with Gasteiger partial charge in [0.1, 0.15) is 5.75 Å². The summed E-state index contributed by atoms with van der Waals surface area (Å²) < 4.78 is 11.5. The van der Waals surface area contributed by atoms with Gasteiger partial charge < -0.3 is 19.9 Å². The molecule has 0 aliphatic rings. The molecule has 0 aliphatic carbocycles. The number of anilines is 1. The molecule has 3 aromatic rings. The molecule has 2 aromatic carbocycles. The maximum Gasteiger partial charge on any atom is 0.319 e. The van der Waals surface area contributed by atoms with Gasteiger partial charge in [-0.1, -0.05) is 46.2 Å². The molecule has 3 rings (SSSR count). The van der Waals surface area contributed by atoms with Crippen LogP contribution in [0.5, 0.6) is 5.75 Å². The minimum Gasteiger partial charge on any atom is -0.495 e. The van der Waals surface area contributed by atoms with Crippen molar-refractivity contribution >= 4 is 27.6 Å². The van der Waals surface area contributed by atoms with Crippen molar-refractivity contribution in [3.8, 4) is 17.2 Å². The lowest BCUT2D eigenvalue weighted by Gasteiger charge is -2.15. The summed E-state index contributed by atoms with van der Waals surface area (Å²) >= 11 is 3.42. The third-order valence-electron chi connectivity index (χ3n) is 3.89. The number of carbonyl (C=O) groups excluding carboxylic acids is 1. The summed E-state index contributed by atoms with van der Waals surface area (Å²) in [7, 11) is 1.55. The predicted molar refractivity (Wildman–Crippen MR) is 106 cm³/mol. The molecule has 1 heterocycles. The molecule has 1 unspecified atom stereocenters. The third-order valence-corrected chi connectivity index (χ3v) is 4.39. The maximum atomic E-state index is 12.4. The highest BCUT2D eigenvalue weighted by molar-refractivity contribution is 9.10. The molecule has 1 aromatic heterocycles. The maximum absolute atomic E-state index is 12.4. The molecule has 27 heavy (non-hydrogen) atoms. The highest BCUT2D eigenvalue weighted by atomic mass is 79.9. The number of nitrogens with one attached hydrogen (secondary N) is 2. The Hall–Kier alpha value is -2.87. The number of benzene rings is 2. The number of methoxy groups -OCH3 is 1. The SMILES string of the molecule is CCC(NC(=O)Nc1ccccc1OC)c1noc(-c2cccc(Br)c2)n1. The van der Waals surface area contributed by atoms with Crippen molar-refractivity contribution < 1.29 is 14.1 Å². The number of nitrogens with zero attached hydrogens (tertiary/aromatic N) is 2. The first-order chi connectivity index (χ1) is 13.1. The highest BCUT2D eigenvalue weighted by Gasteiger charge is 2.20. The van der Waals surface area contributed by atoms with Gasteiger partial charge in [0.15, 0.2) is 5.82 Å². The zero-order valence-corrected chi connectivity index (χ0v) is 16.5. The highest BCUT2D eigenvalue weighted by Crippen LogP contribution is 2.25. The van der Waals surface area contributed by atoms with E-state index in [-0.39, 0.29) is 12.1 Å². The van der Waals surface area contributed by atoms with Crippen molar-refractivity contribution in [1.82, 2.24) is 15.5 Å². The molecular weight excluding hydrogens is 412 g/mol. The molecule has 2 N–H and O–H groups in total. The quantitative estimate of drug-likeness (QED) is 0.587. The second-order valence-electron chi connectivity index (χ2n) is 5.73. The number of amides is 2. The number of para-hydroxylation sites is 2. The number of carbonyl (C=O) groups is 1. The number of urea groups is 1. The minimum atomic E-state index is -0.385. The van der Waals surface area contributed by atoms with Crippen LogP contribution >= 0.6 is 15.9 Å². The lowest BCUT2D eigenvalue weighted by molar-refractivity contribution is 0.247. The smallest absolute Gasteiger partial charge is 0.319 e. The zero-order chi connectivity index (χ0) is 19.2. The first-order valence-corrected chi connectivity index (χ1v) is 9.20. The van der Waals surface area contributed by atoms with Crippen LogP contribution in [-0.4, -0.2) is 23.3 Å². The van der Waals surface area contributed by atoms with Gasteiger partial charge >= 0.3 is 6.03 Å². The van der Waals surface area contributed by atoms with Crippen molar-refractivity contribution in [1.29, 1.82) is 0 Å². The van der Waals surface area contributed by atoms with E-state index in [1.807, 2.05) is 43.3 Å². The summed E-state index contributed by atoms with van der Waals surface area (Å²) in [6.45, 7) is 1.93. The molecule has 2 amide bonds. The van der Waals surface area contributed by atoms with Gasteiger partial charge in [0.05, 0.1) is 18.8 Å². The van der Waals surface area contributed by atoms with E-state index in [0.717, 1.165) is 10.0 Å². The Kier molecular flexibility index (Phi) is 6.08. The Morgan fingerprint density at radius 2 is 2.07 bits per heavy atom. The standard InChI is InChI=1S/C19H19BrN4O3/c1-3-14(21-19(25)22-15-9-4-5-10-16(15)26-2)17-23-18(27-24-17)12-7-6-8-13(20)11-12/h4-11,14H,3H2,1-2H3,(H2,21,22,25). The van der Waals surface area contributed by atoms with Gasteiger partial charge in [-0.2, -0.15) is 4.98 Å².